The predicted octanol–water partition coefficient (Wildman–Crippen LogP) is 3.84. The van der Waals surface area contributed by atoms with Gasteiger partial charge in [-0.3, -0.25) is 10.1 Å². The van der Waals surface area contributed by atoms with E-state index in [-0.39, 0.29) is 10.6 Å². The second-order valence-electron chi connectivity index (χ2n) is 4.93. The number of nitrogens with zero attached hydrogens (tertiary/aromatic N) is 2. The number of hydrogen-bond donors (Lipinski definition) is 0. The highest BCUT2D eigenvalue weighted by molar-refractivity contribution is 9.10. The third-order valence-corrected chi connectivity index (χ3v) is 3.70. The smallest absolute Gasteiger partial charge is 0.283 e. The van der Waals surface area contributed by atoms with Gasteiger partial charge in [-0.2, -0.15) is 0 Å². The Labute approximate surface area is 116 Å². The number of rotatable bonds is 6. The summed E-state index contributed by atoms with van der Waals surface area (Å²) in [4.78, 5) is 12.7. The summed E-state index contributed by atoms with van der Waals surface area (Å²) in [6, 6.07) is 5.17. The Bertz CT molecular complexity index is 421. The Morgan fingerprint density at radius 2 is 2.11 bits per heavy atom. The van der Waals surface area contributed by atoms with Crippen LogP contribution in [0.15, 0.2) is 22.7 Å². The van der Waals surface area contributed by atoms with Gasteiger partial charge in [-0.05, 0) is 47.4 Å². The van der Waals surface area contributed by atoms with E-state index in [4.69, 9.17) is 0 Å². The second-order valence-corrected chi connectivity index (χ2v) is 5.72. The Kier molecular flexibility index (Phi) is 5.75. The van der Waals surface area contributed by atoms with E-state index in [1.165, 1.54) is 6.07 Å². The molecule has 0 aromatic heterocycles. The maximum Gasteiger partial charge on any atom is 0.283 e. The number of benzene rings is 1. The van der Waals surface area contributed by atoms with Gasteiger partial charge in [-0.1, -0.05) is 26.0 Å². The molecule has 0 heterocycles. The fraction of sp³-hybridized carbons (Fsp3) is 0.538. The van der Waals surface area contributed by atoms with Crippen molar-refractivity contribution in [2.45, 2.75) is 26.8 Å². The van der Waals surface area contributed by atoms with Gasteiger partial charge in [0.15, 0.2) is 0 Å². The molecule has 0 amide bonds. The molecule has 0 unspecified atom stereocenters. The van der Waals surface area contributed by atoms with E-state index in [9.17, 15) is 10.1 Å². The Balaban J connectivity index is 2.73. The van der Waals surface area contributed by atoms with Gasteiger partial charge >= 0.3 is 0 Å². The van der Waals surface area contributed by atoms with Crippen LogP contribution in [0.1, 0.15) is 25.8 Å². The second kappa shape index (κ2) is 6.85. The van der Waals surface area contributed by atoms with Crippen LogP contribution in [0.5, 0.6) is 0 Å². The van der Waals surface area contributed by atoms with Crippen LogP contribution in [0.4, 0.5) is 5.69 Å². The van der Waals surface area contributed by atoms with E-state index >= 15 is 0 Å². The van der Waals surface area contributed by atoms with Gasteiger partial charge in [0.2, 0.25) is 0 Å². The normalized spacial score (nSPS) is 11.2. The molecule has 0 radical (unpaired) electrons. The Morgan fingerprint density at radius 3 is 2.67 bits per heavy atom. The van der Waals surface area contributed by atoms with E-state index in [0.717, 1.165) is 25.1 Å². The van der Waals surface area contributed by atoms with Crippen molar-refractivity contribution < 1.29 is 4.92 Å². The molecule has 0 N–H and O–H groups in total. The molecule has 1 aromatic carbocycles. The van der Waals surface area contributed by atoms with E-state index < -0.39 is 0 Å². The van der Waals surface area contributed by atoms with Crippen molar-refractivity contribution in [2.24, 2.45) is 5.92 Å². The van der Waals surface area contributed by atoms with Crippen LogP contribution in [0.3, 0.4) is 0 Å². The van der Waals surface area contributed by atoms with Gasteiger partial charge in [0.25, 0.3) is 5.69 Å². The van der Waals surface area contributed by atoms with Crippen LogP contribution in [0.25, 0.3) is 0 Å². The highest BCUT2D eigenvalue weighted by Gasteiger charge is 2.15. The SMILES string of the molecule is CC(C)CCN(C)Cc1cccc([N+](=O)[O-])c1Br. The van der Waals surface area contributed by atoms with Crippen molar-refractivity contribution in [3.8, 4) is 0 Å². The van der Waals surface area contributed by atoms with Crippen molar-refractivity contribution in [3.63, 3.8) is 0 Å². The number of hydrogen-bond acceptors (Lipinski definition) is 3. The molecule has 0 fully saturated rings. The zero-order chi connectivity index (χ0) is 13.7. The molecule has 0 aliphatic rings. The fourth-order valence-electron chi connectivity index (χ4n) is 1.68. The van der Waals surface area contributed by atoms with Gasteiger partial charge in [-0.25, -0.2) is 0 Å². The standard InChI is InChI=1S/C13H19BrN2O2/c1-10(2)7-8-15(3)9-11-5-4-6-12(13(11)14)16(17)18/h4-6,10H,7-9H2,1-3H3. The highest BCUT2D eigenvalue weighted by Crippen LogP contribution is 2.28. The lowest BCUT2D eigenvalue weighted by Gasteiger charge is -2.18. The molecule has 100 valence electrons. The summed E-state index contributed by atoms with van der Waals surface area (Å²) in [5.74, 6) is 0.668. The lowest BCUT2D eigenvalue weighted by molar-refractivity contribution is -0.385. The lowest BCUT2D eigenvalue weighted by atomic mass is 10.1. The third-order valence-electron chi connectivity index (χ3n) is 2.78. The van der Waals surface area contributed by atoms with Crippen molar-refractivity contribution in [2.75, 3.05) is 13.6 Å². The van der Waals surface area contributed by atoms with Gasteiger partial charge in [0.05, 0.1) is 9.40 Å². The maximum absolute atomic E-state index is 10.8. The van der Waals surface area contributed by atoms with E-state index in [1.807, 2.05) is 13.1 Å². The van der Waals surface area contributed by atoms with E-state index in [1.54, 1.807) is 6.07 Å². The minimum atomic E-state index is -0.359. The summed E-state index contributed by atoms with van der Waals surface area (Å²) in [7, 11) is 2.04. The average Bonchev–Trinajstić information content (AvgIpc) is 2.29. The third kappa shape index (κ3) is 4.38. The molecule has 0 saturated heterocycles. The summed E-state index contributed by atoms with van der Waals surface area (Å²) in [5, 5.41) is 10.8. The van der Waals surface area contributed by atoms with Crippen LogP contribution in [-0.4, -0.2) is 23.4 Å². The number of nitro benzene ring substituents is 1. The van der Waals surface area contributed by atoms with Gasteiger partial charge < -0.3 is 4.90 Å². The van der Waals surface area contributed by atoms with Gasteiger partial charge in [0, 0.05) is 12.6 Å². The van der Waals surface area contributed by atoms with Crippen molar-refractivity contribution >= 4 is 21.6 Å². The molecule has 5 heteroatoms. The summed E-state index contributed by atoms with van der Waals surface area (Å²) in [6.45, 7) is 6.09. The van der Waals surface area contributed by atoms with Crippen LogP contribution >= 0.6 is 15.9 Å². The summed E-state index contributed by atoms with van der Waals surface area (Å²) in [5.41, 5.74) is 1.08. The first-order valence-corrected chi connectivity index (χ1v) is 6.81. The number of nitro groups is 1. The average molecular weight is 315 g/mol. The molecule has 0 aliphatic carbocycles. The van der Waals surface area contributed by atoms with Crippen molar-refractivity contribution in [1.82, 2.24) is 4.90 Å². The Hall–Kier alpha value is -0.940. The van der Waals surface area contributed by atoms with Gasteiger partial charge in [-0.15, -0.1) is 0 Å². The molecular formula is C13H19BrN2O2. The fourth-order valence-corrected chi connectivity index (χ4v) is 2.21. The number of halogens is 1. The molecule has 0 spiro atoms. The minimum absolute atomic E-state index is 0.129. The molecule has 1 aromatic rings. The molecule has 1 rings (SSSR count). The summed E-state index contributed by atoms with van der Waals surface area (Å²) < 4.78 is 0.589. The zero-order valence-electron chi connectivity index (χ0n) is 11.0. The zero-order valence-corrected chi connectivity index (χ0v) is 12.6. The van der Waals surface area contributed by atoms with E-state index in [2.05, 4.69) is 34.7 Å². The largest absolute Gasteiger partial charge is 0.302 e. The van der Waals surface area contributed by atoms with Crippen molar-refractivity contribution in [1.29, 1.82) is 0 Å². The van der Waals surface area contributed by atoms with Gasteiger partial charge in [0.1, 0.15) is 0 Å². The molecular weight excluding hydrogens is 296 g/mol. The lowest BCUT2D eigenvalue weighted by Crippen LogP contribution is -2.20. The highest BCUT2D eigenvalue weighted by atomic mass is 79.9. The quantitative estimate of drug-likeness (QED) is 0.592. The van der Waals surface area contributed by atoms with Crippen LogP contribution in [-0.2, 0) is 6.54 Å². The first kappa shape index (κ1) is 15.1. The first-order valence-electron chi connectivity index (χ1n) is 6.02. The molecule has 0 bridgehead atoms. The van der Waals surface area contributed by atoms with Crippen LogP contribution < -0.4 is 0 Å². The van der Waals surface area contributed by atoms with Crippen LogP contribution in [0.2, 0.25) is 0 Å². The molecule has 0 aliphatic heterocycles. The maximum atomic E-state index is 10.8. The predicted molar refractivity (Wildman–Crippen MR) is 76.6 cm³/mol. The minimum Gasteiger partial charge on any atom is -0.302 e. The summed E-state index contributed by atoms with van der Waals surface area (Å²) in [6.07, 6.45) is 1.13. The molecule has 0 atom stereocenters. The van der Waals surface area contributed by atoms with E-state index in [0.29, 0.717) is 10.4 Å². The molecule has 4 nitrogen and oxygen atoms in total. The molecule has 0 saturated carbocycles. The monoisotopic (exact) mass is 314 g/mol. The summed E-state index contributed by atoms with van der Waals surface area (Å²) >= 11 is 3.32. The van der Waals surface area contributed by atoms with Crippen LogP contribution in [0, 0.1) is 16.0 Å². The topological polar surface area (TPSA) is 46.4 Å². The Morgan fingerprint density at radius 1 is 1.44 bits per heavy atom. The first-order chi connectivity index (χ1) is 8.41. The molecule has 18 heavy (non-hydrogen) atoms. The van der Waals surface area contributed by atoms with Crippen molar-refractivity contribution in [3.05, 3.63) is 38.3 Å².